The van der Waals surface area contributed by atoms with E-state index < -0.39 is 34.3 Å². The highest BCUT2D eigenvalue weighted by molar-refractivity contribution is 7.92. The third-order valence-corrected chi connectivity index (χ3v) is 6.49. The summed E-state index contributed by atoms with van der Waals surface area (Å²) in [6, 6.07) is 19.0. The molecule has 35 heavy (non-hydrogen) atoms. The number of nitrogens with zero attached hydrogens (tertiary/aromatic N) is 1. The van der Waals surface area contributed by atoms with Crippen LogP contribution < -0.4 is 9.46 Å². The predicted molar refractivity (Wildman–Crippen MR) is 130 cm³/mol. The quantitative estimate of drug-likeness (QED) is 0.411. The van der Waals surface area contributed by atoms with E-state index in [2.05, 4.69) is 4.72 Å². The number of benzene rings is 3. The minimum Gasteiger partial charge on any atom is -0.507 e. The number of nitrogens with one attached hydrogen (secondary N) is 1. The Balaban J connectivity index is 1.71. The van der Waals surface area contributed by atoms with Crippen molar-refractivity contribution in [3.63, 3.8) is 0 Å². The summed E-state index contributed by atoms with van der Waals surface area (Å²) in [5, 5.41) is 10.1. The highest BCUT2D eigenvalue weighted by atomic mass is 32.2. The Morgan fingerprint density at radius 1 is 1.00 bits per heavy atom. The first-order chi connectivity index (χ1) is 16.7. The number of hydrogen-bond acceptors (Lipinski definition) is 7. The van der Waals surface area contributed by atoms with Gasteiger partial charge in [-0.3, -0.25) is 9.52 Å². The van der Waals surface area contributed by atoms with E-state index in [9.17, 15) is 23.1 Å². The molecule has 9 nitrogen and oxygen atoms in total. The van der Waals surface area contributed by atoms with Gasteiger partial charge < -0.3 is 19.5 Å². The van der Waals surface area contributed by atoms with E-state index in [0.29, 0.717) is 18.8 Å². The van der Waals surface area contributed by atoms with Crippen LogP contribution in [0, 0.1) is 0 Å². The van der Waals surface area contributed by atoms with Crippen LogP contribution in [0.15, 0.2) is 77.7 Å². The number of amides is 1. The molecule has 0 saturated carbocycles. The molecule has 0 radical (unpaired) electrons. The molecule has 3 aromatic rings. The van der Waals surface area contributed by atoms with Crippen LogP contribution in [0.4, 0.5) is 5.69 Å². The lowest BCUT2D eigenvalue weighted by Gasteiger charge is -2.21. The van der Waals surface area contributed by atoms with Crippen molar-refractivity contribution in [1.82, 2.24) is 4.90 Å². The van der Waals surface area contributed by atoms with Gasteiger partial charge in [0.1, 0.15) is 17.1 Å². The molecular weight excluding hydrogens is 472 g/mol. The van der Waals surface area contributed by atoms with Gasteiger partial charge in [0.05, 0.1) is 17.7 Å². The zero-order chi connectivity index (χ0) is 25.4. The van der Waals surface area contributed by atoms with Crippen LogP contribution in [0.2, 0.25) is 0 Å². The zero-order valence-electron chi connectivity index (χ0n) is 19.3. The molecule has 184 valence electrons. The van der Waals surface area contributed by atoms with E-state index in [4.69, 9.17) is 9.47 Å². The average molecular weight is 499 g/mol. The van der Waals surface area contributed by atoms with Crippen LogP contribution >= 0.6 is 0 Å². The Labute approximate surface area is 204 Å². The molecule has 3 aromatic carbocycles. The number of rotatable bonds is 10. The standard InChI is InChI=1S/C25H26N2O7S/c1-3-27(16-18-9-5-4-6-10-18)24(29)17-34-25(30)20-15-19(13-14-22(20)28)35(31,32)26-21-11-7-8-12-23(21)33-2/h4-15,26,28H,3,16-17H2,1-2H3. The molecule has 0 bridgehead atoms. The number of methoxy groups -OCH3 is 1. The number of phenols is 1. The van der Waals surface area contributed by atoms with Gasteiger partial charge in [-0.05, 0) is 42.8 Å². The molecular formula is C25H26N2O7S. The third-order valence-electron chi connectivity index (χ3n) is 5.13. The second-order valence-electron chi connectivity index (χ2n) is 7.45. The van der Waals surface area contributed by atoms with E-state index in [-0.39, 0.29) is 16.1 Å². The van der Waals surface area contributed by atoms with Crippen molar-refractivity contribution >= 4 is 27.6 Å². The number of esters is 1. The first kappa shape index (κ1) is 25.6. The van der Waals surface area contributed by atoms with E-state index in [1.807, 2.05) is 30.3 Å². The predicted octanol–water partition coefficient (Wildman–Crippen LogP) is 3.41. The van der Waals surface area contributed by atoms with Crippen LogP contribution in [-0.4, -0.2) is 50.6 Å². The largest absolute Gasteiger partial charge is 0.507 e. The molecule has 0 aromatic heterocycles. The molecule has 0 unspecified atom stereocenters. The number of carbonyl (C=O) groups excluding carboxylic acids is 2. The molecule has 0 saturated heterocycles. The number of anilines is 1. The van der Waals surface area contributed by atoms with Gasteiger partial charge in [-0.2, -0.15) is 0 Å². The summed E-state index contributed by atoms with van der Waals surface area (Å²) in [6.45, 7) is 1.99. The molecule has 0 heterocycles. The van der Waals surface area contributed by atoms with Gasteiger partial charge in [0.25, 0.3) is 15.9 Å². The summed E-state index contributed by atoms with van der Waals surface area (Å²) in [5.41, 5.74) is 0.745. The fourth-order valence-electron chi connectivity index (χ4n) is 3.25. The second kappa shape index (κ2) is 11.4. The molecule has 3 rings (SSSR count). The van der Waals surface area contributed by atoms with Crippen LogP contribution in [0.25, 0.3) is 0 Å². The lowest BCUT2D eigenvalue weighted by Crippen LogP contribution is -2.34. The molecule has 0 aliphatic rings. The smallest absolute Gasteiger partial charge is 0.342 e. The van der Waals surface area contributed by atoms with Crippen molar-refractivity contribution in [2.24, 2.45) is 0 Å². The summed E-state index contributed by atoms with van der Waals surface area (Å²) < 4.78 is 38.4. The van der Waals surface area contributed by atoms with Crippen molar-refractivity contribution in [2.75, 3.05) is 25.0 Å². The Bertz CT molecular complexity index is 1290. The summed E-state index contributed by atoms with van der Waals surface area (Å²) in [7, 11) is -2.72. The van der Waals surface area contributed by atoms with Crippen molar-refractivity contribution in [3.8, 4) is 11.5 Å². The summed E-state index contributed by atoms with van der Waals surface area (Å²) in [5.74, 6) is -1.62. The number of para-hydroxylation sites is 2. The minimum absolute atomic E-state index is 0.205. The van der Waals surface area contributed by atoms with E-state index in [0.717, 1.165) is 23.8 Å². The average Bonchev–Trinajstić information content (AvgIpc) is 2.86. The highest BCUT2D eigenvalue weighted by Crippen LogP contribution is 2.28. The summed E-state index contributed by atoms with van der Waals surface area (Å²) in [4.78, 5) is 26.4. The van der Waals surface area contributed by atoms with Gasteiger partial charge in [-0.1, -0.05) is 42.5 Å². The second-order valence-corrected chi connectivity index (χ2v) is 9.14. The van der Waals surface area contributed by atoms with Gasteiger partial charge in [-0.15, -0.1) is 0 Å². The molecule has 0 atom stereocenters. The number of phenolic OH excluding ortho intramolecular Hbond substituents is 1. The van der Waals surface area contributed by atoms with Gasteiger partial charge in [-0.25, -0.2) is 13.2 Å². The first-order valence-corrected chi connectivity index (χ1v) is 12.2. The fraction of sp³-hybridized carbons (Fsp3) is 0.200. The molecule has 0 spiro atoms. The summed E-state index contributed by atoms with van der Waals surface area (Å²) in [6.07, 6.45) is 0. The Morgan fingerprint density at radius 2 is 1.69 bits per heavy atom. The van der Waals surface area contributed by atoms with E-state index >= 15 is 0 Å². The maximum absolute atomic E-state index is 12.9. The van der Waals surface area contributed by atoms with Crippen molar-refractivity contribution in [2.45, 2.75) is 18.4 Å². The lowest BCUT2D eigenvalue weighted by atomic mass is 10.2. The van der Waals surface area contributed by atoms with E-state index in [1.54, 1.807) is 25.1 Å². The number of hydrogen-bond donors (Lipinski definition) is 2. The molecule has 0 aliphatic carbocycles. The monoisotopic (exact) mass is 498 g/mol. The molecule has 2 N–H and O–H groups in total. The van der Waals surface area contributed by atoms with Crippen LogP contribution in [0.1, 0.15) is 22.8 Å². The van der Waals surface area contributed by atoms with Crippen LogP contribution in [0.5, 0.6) is 11.5 Å². The van der Waals surface area contributed by atoms with Gasteiger partial charge in [0.15, 0.2) is 6.61 Å². The van der Waals surface area contributed by atoms with Crippen molar-refractivity contribution in [3.05, 3.63) is 83.9 Å². The fourth-order valence-corrected chi connectivity index (χ4v) is 4.35. The van der Waals surface area contributed by atoms with Crippen LogP contribution in [-0.2, 0) is 26.1 Å². The molecule has 0 aliphatic heterocycles. The lowest BCUT2D eigenvalue weighted by molar-refractivity contribution is -0.134. The van der Waals surface area contributed by atoms with Crippen molar-refractivity contribution in [1.29, 1.82) is 0 Å². The zero-order valence-corrected chi connectivity index (χ0v) is 20.1. The number of carbonyl (C=O) groups is 2. The maximum atomic E-state index is 12.9. The third kappa shape index (κ3) is 6.51. The number of ether oxygens (including phenoxy) is 2. The van der Waals surface area contributed by atoms with Gasteiger partial charge >= 0.3 is 5.97 Å². The first-order valence-electron chi connectivity index (χ1n) is 10.7. The topological polar surface area (TPSA) is 122 Å². The van der Waals surface area contributed by atoms with Gasteiger partial charge in [0.2, 0.25) is 0 Å². The number of aromatic hydroxyl groups is 1. The molecule has 1 amide bonds. The Kier molecular flexibility index (Phi) is 8.32. The SMILES string of the molecule is CCN(Cc1ccccc1)C(=O)COC(=O)c1cc(S(=O)(=O)Nc2ccccc2OC)ccc1O. The normalized spacial score (nSPS) is 10.9. The van der Waals surface area contributed by atoms with E-state index in [1.165, 1.54) is 18.1 Å². The van der Waals surface area contributed by atoms with Crippen molar-refractivity contribution < 1.29 is 32.6 Å². The number of sulfonamides is 1. The maximum Gasteiger partial charge on any atom is 0.342 e. The Hall–Kier alpha value is -4.05. The molecule has 10 heteroatoms. The Morgan fingerprint density at radius 3 is 2.37 bits per heavy atom. The summed E-state index contributed by atoms with van der Waals surface area (Å²) >= 11 is 0. The highest BCUT2D eigenvalue weighted by Gasteiger charge is 2.22. The minimum atomic E-state index is -4.13. The number of likely N-dealkylation sites (N-methyl/N-ethyl adjacent to an activating group) is 1. The molecule has 0 fully saturated rings. The van der Waals surface area contributed by atoms with Crippen LogP contribution in [0.3, 0.4) is 0 Å². The van der Waals surface area contributed by atoms with Gasteiger partial charge in [0, 0.05) is 13.1 Å².